The van der Waals surface area contributed by atoms with E-state index < -0.39 is 11.0 Å². The van der Waals surface area contributed by atoms with Crippen molar-refractivity contribution in [3.05, 3.63) is 12.2 Å². The maximum absolute atomic E-state index is 11.5. The zero-order valence-corrected chi connectivity index (χ0v) is 15.4. The molecule has 0 aliphatic rings. The van der Waals surface area contributed by atoms with E-state index in [2.05, 4.69) is 15.7 Å². The molecule has 6 heteroatoms. The van der Waals surface area contributed by atoms with Crippen LogP contribution in [0.15, 0.2) is 12.2 Å². The van der Waals surface area contributed by atoms with Crippen LogP contribution in [0.25, 0.3) is 0 Å². The average molecular weight is 409 g/mol. The van der Waals surface area contributed by atoms with E-state index in [-0.39, 0.29) is 11.8 Å². The number of unbranched alkanes of at least 4 members (excludes halogenated alkanes) is 2. The predicted molar refractivity (Wildman–Crippen MR) is 94.6 cm³/mol. The van der Waals surface area contributed by atoms with Crippen LogP contribution in [-0.2, 0) is 9.59 Å². The molecular weight excluding hydrogens is 381 g/mol. The summed E-state index contributed by atoms with van der Waals surface area (Å²) in [5.41, 5.74) is 10.0. The average Bonchev–Trinajstić information content (AvgIpc) is 2.40. The van der Waals surface area contributed by atoms with Crippen molar-refractivity contribution in [3.8, 4) is 0 Å². The van der Waals surface area contributed by atoms with Crippen LogP contribution in [0.5, 0.6) is 0 Å². The van der Waals surface area contributed by atoms with Crippen LogP contribution in [0, 0.1) is 5.41 Å². The Morgan fingerprint density at radius 3 is 2.00 bits per heavy atom. The van der Waals surface area contributed by atoms with Crippen LogP contribution in [-0.4, -0.2) is 17.4 Å². The van der Waals surface area contributed by atoms with Gasteiger partial charge in [0.2, 0.25) is 11.8 Å². The standard InChI is InChI=1S/C15H28IN3O2/c1-14(2,12(17)20)10-8-6-4-5-7-9-11-15(3,18)13(21)19-16/h4-5H,6-11,18H2,1-3H3,(H2,17,20)(H,19,21)/b5-4+/t15-/m0/s1. The molecule has 0 unspecified atom stereocenters. The Bertz CT molecular complexity index is 379. The molecule has 0 bridgehead atoms. The molecule has 0 radical (unpaired) electrons. The van der Waals surface area contributed by atoms with Crippen molar-refractivity contribution < 1.29 is 9.59 Å². The summed E-state index contributed by atoms with van der Waals surface area (Å²) in [6.07, 6.45) is 9.33. The van der Waals surface area contributed by atoms with Gasteiger partial charge in [-0.05, 0) is 45.4 Å². The smallest absolute Gasteiger partial charge is 0.248 e. The van der Waals surface area contributed by atoms with Crippen LogP contribution in [0.3, 0.4) is 0 Å². The van der Waals surface area contributed by atoms with Gasteiger partial charge in [-0.25, -0.2) is 0 Å². The number of carbonyl (C=O) groups excluding carboxylic acids is 2. The molecule has 5 nitrogen and oxygen atoms in total. The lowest BCUT2D eigenvalue weighted by atomic mass is 9.86. The van der Waals surface area contributed by atoms with Gasteiger partial charge in [-0.2, -0.15) is 0 Å². The first kappa shape index (κ1) is 20.4. The Hall–Kier alpha value is -0.630. The molecule has 122 valence electrons. The Kier molecular flexibility index (Phi) is 9.12. The molecule has 0 saturated carbocycles. The summed E-state index contributed by atoms with van der Waals surface area (Å²) in [6.45, 7) is 5.50. The minimum absolute atomic E-state index is 0.138. The summed E-state index contributed by atoms with van der Waals surface area (Å²) in [4.78, 5) is 22.6. The minimum atomic E-state index is -0.805. The number of carbonyl (C=O) groups is 2. The molecular formula is C15H28IN3O2. The van der Waals surface area contributed by atoms with Crippen LogP contribution in [0.2, 0.25) is 0 Å². The van der Waals surface area contributed by atoms with E-state index in [4.69, 9.17) is 11.5 Å². The predicted octanol–water partition coefficient (Wildman–Crippen LogP) is 2.58. The number of hydrogen-bond acceptors (Lipinski definition) is 3. The Morgan fingerprint density at radius 2 is 1.57 bits per heavy atom. The van der Waals surface area contributed by atoms with E-state index in [0.29, 0.717) is 6.42 Å². The molecule has 0 saturated heterocycles. The highest BCUT2D eigenvalue weighted by atomic mass is 127. The quantitative estimate of drug-likeness (QED) is 0.224. The van der Waals surface area contributed by atoms with E-state index in [1.807, 2.05) is 13.8 Å². The van der Waals surface area contributed by atoms with E-state index in [1.165, 1.54) is 0 Å². The van der Waals surface area contributed by atoms with E-state index in [1.54, 1.807) is 29.8 Å². The van der Waals surface area contributed by atoms with Gasteiger partial charge in [-0.1, -0.05) is 26.0 Å². The van der Waals surface area contributed by atoms with Gasteiger partial charge < -0.3 is 11.5 Å². The van der Waals surface area contributed by atoms with Gasteiger partial charge in [-0.3, -0.25) is 13.1 Å². The molecule has 2 amide bonds. The van der Waals surface area contributed by atoms with Crippen molar-refractivity contribution in [1.82, 2.24) is 3.53 Å². The Balaban J connectivity index is 3.81. The number of nitrogens with one attached hydrogen (secondary N) is 1. The number of amides is 2. The second kappa shape index (κ2) is 9.40. The normalized spacial score (nSPS) is 14.9. The minimum Gasteiger partial charge on any atom is -0.369 e. The van der Waals surface area contributed by atoms with Crippen LogP contribution >= 0.6 is 22.9 Å². The summed E-state index contributed by atoms with van der Waals surface area (Å²) >= 11 is 1.81. The molecule has 0 aromatic rings. The molecule has 0 heterocycles. The van der Waals surface area contributed by atoms with Gasteiger partial charge in [0, 0.05) is 5.41 Å². The first-order valence-electron chi connectivity index (χ1n) is 7.28. The lowest BCUT2D eigenvalue weighted by Crippen LogP contribution is -2.48. The van der Waals surface area contributed by atoms with Gasteiger partial charge >= 0.3 is 0 Å². The summed E-state index contributed by atoms with van der Waals surface area (Å²) in [5, 5.41) is 0. The van der Waals surface area contributed by atoms with E-state index in [9.17, 15) is 9.59 Å². The molecule has 0 aliphatic heterocycles. The SMILES string of the molecule is CC(C)(CCC/C=C/CCC[C@](C)(N)C(=O)NI)C(N)=O. The number of halogens is 1. The fourth-order valence-corrected chi connectivity index (χ4v) is 2.45. The monoisotopic (exact) mass is 409 g/mol. The van der Waals surface area contributed by atoms with Gasteiger partial charge in [-0.15, -0.1) is 0 Å². The molecule has 0 rings (SSSR count). The second-order valence-electron chi connectivity index (χ2n) is 6.35. The highest BCUT2D eigenvalue weighted by Gasteiger charge is 2.26. The first-order valence-corrected chi connectivity index (χ1v) is 8.36. The number of allylic oxidation sites excluding steroid dienone is 2. The van der Waals surface area contributed by atoms with Crippen molar-refractivity contribution in [2.75, 3.05) is 0 Å². The molecule has 0 fully saturated rings. The number of rotatable bonds is 10. The lowest BCUT2D eigenvalue weighted by molar-refractivity contribution is -0.126. The van der Waals surface area contributed by atoms with Gasteiger partial charge in [0.1, 0.15) is 0 Å². The van der Waals surface area contributed by atoms with Crippen LogP contribution < -0.4 is 15.0 Å². The zero-order valence-electron chi connectivity index (χ0n) is 13.2. The third-order valence-corrected chi connectivity index (χ3v) is 4.17. The van der Waals surface area contributed by atoms with Crippen molar-refractivity contribution in [1.29, 1.82) is 0 Å². The lowest BCUT2D eigenvalue weighted by Gasteiger charge is -2.21. The molecule has 5 N–H and O–H groups in total. The fraction of sp³-hybridized carbons (Fsp3) is 0.733. The maximum atomic E-state index is 11.5. The molecule has 0 aromatic heterocycles. The third kappa shape index (κ3) is 8.40. The summed E-state index contributed by atoms with van der Waals surface area (Å²) in [6, 6.07) is 0. The van der Waals surface area contributed by atoms with Gasteiger partial charge in [0.15, 0.2) is 0 Å². The zero-order chi connectivity index (χ0) is 16.5. The van der Waals surface area contributed by atoms with E-state index in [0.717, 1.165) is 32.1 Å². The maximum Gasteiger partial charge on any atom is 0.248 e. The van der Waals surface area contributed by atoms with E-state index >= 15 is 0 Å². The van der Waals surface area contributed by atoms with Gasteiger partial charge in [0.25, 0.3) is 0 Å². The number of primary amides is 1. The molecule has 21 heavy (non-hydrogen) atoms. The fourth-order valence-electron chi connectivity index (χ4n) is 1.83. The number of hydrogen-bond donors (Lipinski definition) is 3. The van der Waals surface area contributed by atoms with Crippen molar-refractivity contribution in [2.45, 2.75) is 64.8 Å². The van der Waals surface area contributed by atoms with Crippen molar-refractivity contribution >= 4 is 34.7 Å². The molecule has 0 aromatic carbocycles. The Labute approximate surface area is 141 Å². The molecule has 0 aliphatic carbocycles. The summed E-state index contributed by atoms with van der Waals surface area (Å²) < 4.78 is 2.55. The number of nitrogens with two attached hydrogens (primary N) is 2. The van der Waals surface area contributed by atoms with Crippen molar-refractivity contribution in [3.63, 3.8) is 0 Å². The largest absolute Gasteiger partial charge is 0.369 e. The highest BCUT2D eigenvalue weighted by Crippen LogP contribution is 2.22. The third-order valence-electron chi connectivity index (χ3n) is 3.68. The van der Waals surface area contributed by atoms with Crippen LogP contribution in [0.1, 0.15) is 59.3 Å². The van der Waals surface area contributed by atoms with Crippen LogP contribution in [0.4, 0.5) is 0 Å². The Morgan fingerprint density at radius 1 is 1.10 bits per heavy atom. The topological polar surface area (TPSA) is 98.2 Å². The molecule has 1 atom stereocenters. The second-order valence-corrected chi connectivity index (χ2v) is 6.88. The highest BCUT2D eigenvalue weighted by molar-refractivity contribution is 14.1. The first-order chi connectivity index (χ1) is 9.63. The summed E-state index contributed by atoms with van der Waals surface area (Å²) in [7, 11) is 0. The summed E-state index contributed by atoms with van der Waals surface area (Å²) in [5.74, 6) is -0.386. The van der Waals surface area contributed by atoms with Crippen molar-refractivity contribution in [2.24, 2.45) is 16.9 Å². The molecule has 0 spiro atoms. The van der Waals surface area contributed by atoms with Gasteiger partial charge in [0.05, 0.1) is 28.4 Å².